The summed E-state index contributed by atoms with van der Waals surface area (Å²) in [5, 5.41) is 2.92. The maximum absolute atomic E-state index is 11.9. The zero-order valence-corrected chi connectivity index (χ0v) is 14.9. The summed E-state index contributed by atoms with van der Waals surface area (Å²) in [7, 11) is 0. The maximum atomic E-state index is 11.9. The van der Waals surface area contributed by atoms with Crippen molar-refractivity contribution < 1.29 is 9.53 Å². The highest BCUT2D eigenvalue weighted by Crippen LogP contribution is 2.27. The van der Waals surface area contributed by atoms with Gasteiger partial charge in [-0.05, 0) is 43.8 Å². The quantitative estimate of drug-likeness (QED) is 0.811. The van der Waals surface area contributed by atoms with Crippen LogP contribution in [0.1, 0.15) is 17.8 Å². The number of carbonyl (C=O) groups excluding carboxylic acids is 1. The van der Waals surface area contributed by atoms with E-state index in [4.69, 9.17) is 4.74 Å². The van der Waals surface area contributed by atoms with E-state index in [1.54, 1.807) is 0 Å². The maximum Gasteiger partial charge on any atom is 0.407 e. The van der Waals surface area contributed by atoms with Crippen LogP contribution in [0.2, 0.25) is 0 Å². The van der Waals surface area contributed by atoms with Crippen LogP contribution in [-0.2, 0) is 24.3 Å². The minimum atomic E-state index is -0.382. The summed E-state index contributed by atoms with van der Waals surface area (Å²) in [5.74, 6) is 1.02. The van der Waals surface area contributed by atoms with Crippen molar-refractivity contribution in [1.82, 2.24) is 14.9 Å². The first kappa shape index (κ1) is 15.6. The number of rotatable bonds is 3. The number of alkyl carbamates (subject to hydrolysis) is 1. The molecule has 2 heterocycles. The van der Waals surface area contributed by atoms with E-state index in [0.29, 0.717) is 6.54 Å². The second-order valence-corrected chi connectivity index (χ2v) is 6.66. The molecule has 0 bridgehead atoms. The van der Waals surface area contributed by atoms with Crippen molar-refractivity contribution in [2.75, 3.05) is 0 Å². The highest BCUT2D eigenvalue weighted by atomic mass is 79.9. The molecule has 1 aliphatic rings. The molecule has 1 unspecified atom stereocenters. The third-order valence-corrected chi connectivity index (χ3v) is 5.49. The number of fused-ring (bicyclic) bond motifs is 1. The van der Waals surface area contributed by atoms with E-state index < -0.39 is 0 Å². The molecule has 0 fully saturated rings. The molecule has 0 spiro atoms. The second kappa shape index (κ2) is 6.83. The number of aromatic nitrogens is 2. The van der Waals surface area contributed by atoms with Crippen molar-refractivity contribution in [2.45, 2.75) is 32.0 Å². The van der Waals surface area contributed by atoms with Gasteiger partial charge >= 0.3 is 6.09 Å². The molecule has 22 heavy (non-hydrogen) atoms. The summed E-state index contributed by atoms with van der Waals surface area (Å²) >= 11 is 6.91. The van der Waals surface area contributed by atoms with Gasteiger partial charge in [0.2, 0.25) is 0 Å². The normalized spacial score (nSPS) is 16.9. The van der Waals surface area contributed by atoms with E-state index >= 15 is 0 Å². The fraction of sp³-hybridized carbons (Fsp3) is 0.333. The van der Waals surface area contributed by atoms with Crippen LogP contribution in [0.15, 0.2) is 39.5 Å². The summed E-state index contributed by atoms with van der Waals surface area (Å²) < 4.78 is 9.03. The Morgan fingerprint density at radius 2 is 2.14 bits per heavy atom. The number of aryl methyl sites for hydroxylation is 1. The highest BCUT2D eigenvalue weighted by molar-refractivity contribution is 9.13. The average molecular weight is 429 g/mol. The molecule has 1 aromatic carbocycles. The van der Waals surface area contributed by atoms with Gasteiger partial charge in [-0.25, -0.2) is 9.78 Å². The number of hydrogen-bond donors (Lipinski definition) is 1. The first-order valence-electron chi connectivity index (χ1n) is 7.01. The lowest BCUT2D eigenvalue weighted by Crippen LogP contribution is -2.41. The minimum absolute atomic E-state index is 0.0492. The predicted molar refractivity (Wildman–Crippen MR) is 89.5 cm³/mol. The van der Waals surface area contributed by atoms with Crippen molar-refractivity contribution in [1.29, 1.82) is 0 Å². The number of hydrogen-bond acceptors (Lipinski definition) is 3. The Hall–Kier alpha value is -1.34. The van der Waals surface area contributed by atoms with Crippen LogP contribution in [-0.4, -0.2) is 21.7 Å². The number of halogens is 2. The van der Waals surface area contributed by atoms with Gasteiger partial charge < -0.3 is 14.6 Å². The summed E-state index contributed by atoms with van der Waals surface area (Å²) in [6.07, 6.45) is 1.30. The number of imidazole rings is 1. The Kier molecular flexibility index (Phi) is 4.83. The summed E-state index contributed by atoms with van der Waals surface area (Å²) in [5.41, 5.74) is 0.977. The Morgan fingerprint density at radius 3 is 2.91 bits per heavy atom. The fourth-order valence-electron chi connectivity index (χ4n) is 2.49. The monoisotopic (exact) mass is 427 g/mol. The number of amides is 1. The van der Waals surface area contributed by atoms with Crippen LogP contribution >= 0.6 is 31.9 Å². The Labute approximate surface area is 145 Å². The fourth-order valence-corrected chi connectivity index (χ4v) is 3.34. The van der Waals surface area contributed by atoms with Gasteiger partial charge in [-0.3, -0.25) is 0 Å². The van der Waals surface area contributed by atoms with Crippen LogP contribution in [0, 0.1) is 0 Å². The minimum Gasteiger partial charge on any atom is -0.445 e. The highest BCUT2D eigenvalue weighted by Gasteiger charge is 2.24. The van der Waals surface area contributed by atoms with Gasteiger partial charge in [0.15, 0.2) is 0 Å². The molecule has 1 atom stereocenters. The zero-order valence-electron chi connectivity index (χ0n) is 11.8. The number of benzene rings is 1. The van der Waals surface area contributed by atoms with Crippen molar-refractivity contribution in [3.63, 3.8) is 0 Å². The first-order chi connectivity index (χ1) is 10.6. The van der Waals surface area contributed by atoms with E-state index in [0.717, 1.165) is 33.4 Å². The van der Waals surface area contributed by atoms with Gasteiger partial charge in [-0.1, -0.05) is 30.3 Å². The van der Waals surface area contributed by atoms with E-state index in [-0.39, 0.29) is 18.7 Å². The van der Waals surface area contributed by atoms with E-state index in [9.17, 15) is 4.79 Å². The molecular formula is C15H15Br2N3O2. The molecule has 3 rings (SSSR count). The number of nitrogens with one attached hydrogen (secondary N) is 1. The lowest BCUT2D eigenvalue weighted by Gasteiger charge is -2.25. The molecule has 7 heteroatoms. The van der Waals surface area contributed by atoms with Crippen LogP contribution in [0.3, 0.4) is 0 Å². The van der Waals surface area contributed by atoms with Gasteiger partial charge in [-0.15, -0.1) is 0 Å². The second-order valence-electron chi connectivity index (χ2n) is 5.16. The SMILES string of the molecule is O=C(NC1CCc2nc(Br)c(Br)n2C1)OCc1ccccc1. The number of ether oxygens (including phenoxy) is 1. The van der Waals surface area contributed by atoms with Gasteiger partial charge in [-0.2, -0.15) is 0 Å². The molecule has 0 aliphatic carbocycles. The van der Waals surface area contributed by atoms with Crippen LogP contribution in [0.5, 0.6) is 0 Å². The first-order valence-corrected chi connectivity index (χ1v) is 8.59. The molecule has 0 radical (unpaired) electrons. The zero-order chi connectivity index (χ0) is 15.5. The Bertz CT molecular complexity index is 673. The van der Waals surface area contributed by atoms with Gasteiger partial charge in [0.25, 0.3) is 0 Å². The topological polar surface area (TPSA) is 56.2 Å². The van der Waals surface area contributed by atoms with E-state index in [1.165, 1.54) is 0 Å². The molecule has 1 amide bonds. The summed E-state index contributed by atoms with van der Waals surface area (Å²) in [6, 6.07) is 9.69. The Balaban J connectivity index is 1.53. The molecule has 1 aliphatic heterocycles. The molecule has 0 saturated carbocycles. The molecule has 5 nitrogen and oxygen atoms in total. The van der Waals surface area contributed by atoms with Crippen LogP contribution in [0.4, 0.5) is 4.79 Å². The van der Waals surface area contributed by atoms with Gasteiger partial charge in [0.05, 0.1) is 6.04 Å². The molecule has 0 saturated heterocycles. The summed E-state index contributed by atoms with van der Waals surface area (Å²) in [6.45, 7) is 0.972. The number of carbonyl (C=O) groups is 1. The van der Waals surface area contributed by atoms with Gasteiger partial charge in [0.1, 0.15) is 21.6 Å². The molecule has 1 aromatic heterocycles. The average Bonchev–Trinajstić information content (AvgIpc) is 2.81. The predicted octanol–water partition coefficient (Wildman–Crippen LogP) is 3.65. The smallest absolute Gasteiger partial charge is 0.407 e. The Morgan fingerprint density at radius 1 is 1.36 bits per heavy atom. The van der Waals surface area contributed by atoms with Crippen molar-refractivity contribution >= 4 is 38.0 Å². The number of nitrogens with zero attached hydrogens (tertiary/aromatic N) is 2. The standard InChI is InChI=1S/C15H15Br2N3O2/c16-13-14(17)20-8-11(6-7-12(20)19-13)18-15(21)22-9-10-4-2-1-3-5-10/h1-5,11H,6-9H2,(H,18,21). The third kappa shape index (κ3) is 3.52. The van der Waals surface area contributed by atoms with Crippen LogP contribution in [0.25, 0.3) is 0 Å². The third-order valence-electron chi connectivity index (χ3n) is 3.60. The van der Waals surface area contributed by atoms with Crippen molar-refractivity contribution in [2.24, 2.45) is 0 Å². The lowest BCUT2D eigenvalue weighted by atomic mass is 10.1. The van der Waals surface area contributed by atoms with Crippen LogP contribution < -0.4 is 5.32 Å². The van der Waals surface area contributed by atoms with Gasteiger partial charge in [0, 0.05) is 13.0 Å². The lowest BCUT2D eigenvalue weighted by molar-refractivity contribution is 0.133. The molecule has 116 valence electrons. The largest absolute Gasteiger partial charge is 0.445 e. The molecular weight excluding hydrogens is 414 g/mol. The van der Waals surface area contributed by atoms with Crippen molar-refractivity contribution in [3.8, 4) is 0 Å². The van der Waals surface area contributed by atoms with E-state index in [2.05, 4.69) is 46.7 Å². The molecule has 1 N–H and O–H groups in total. The molecule has 2 aromatic rings. The summed E-state index contributed by atoms with van der Waals surface area (Å²) in [4.78, 5) is 16.3. The van der Waals surface area contributed by atoms with E-state index in [1.807, 2.05) is 30.3 Å². The van der Waals surface area contributed by atoms with Crippen molar-refractivity contribution in [3.05, 3.63) is 50.9 Å².